The van der Waals surface area contributed by atoms with Crippen LogP contribution >= 0.6 is 0 Å². The topological polar surface area (TPSA) is 59.5 Å². The van der Waals surface area contributed by atoms with Crippen molar-refractivity contribution >= 4 is 28.9 Å². The van der Waals surface area contributed by atoms with Crippen molar-refractivity contribution in [1.82, 2.24) is 9.88 Å². The molecule has 0 aliphatic carbocycles. The summed E-state index contributed by atoms with van der Waals surface area (Å²) >= 11 is 0. The summed E-state index contributed by atoms with van der Waals surface area (Å²) in [4.78, 5) is 31.3. The fraction of sp³-hybridized carbons (Fsp3) is 0.296. The third-order valence-electron chi connectivity index (χ3n) is 6.00. The predicted octanol–water partition coefficient (Wildman–Crippen LogP) is 4.66. The molecule has 1 aromatic heterocycles. The summed E-state index contributed by atoms with van der Waals surface area (Å²) in [5.41, 5.74) is 2.99. The summed E-state index contributed by atoms with van der Waals surface area (Å²) in [6, 6.07) is 20.1. The van der Waals surface area contributed by atoms with E-state index in [0.717, 1.165) is 35.7 Å². The van der Waals surface area contributed by atoms with Crippen LogP contribution in [-0.2, 0) is 20.7 Å². The van der Waals surface area contributed by atoms with Crippen LogP contribution in [0.4, 0.5) is 0 Å². The number of likely N-dealkylation sites (tertiary alicyclic amines) is 1. The van der Waals surface area contributed by atoms with Crippen LogP contribution in [0.2, 0.25) is 0 Å². The highest BCUT2D eigenvalue weighted by Gasteiger charge is 2.27. The Hall–Kier alpha value is -3.47. The Morgan fingerprint density at radius 3 is 2.59 bits per heavy atom. The maximum absolute atomic E-state index is 12.8. The largest absolute Gasteiger partial charge is 0.449 e. The standard InChI is InChI=1S/C27H28N2O3/c1-20(27(31)29-17-14-22(15-18-29)19-21-7-3-2-4-8-21)32-25(30)13-12-24-10-5-9-23-11-6-16-28-26(23)24/h2-13,16,20,22H,14-15,17-19H2,1H3/b13-12+. The predicted molar refractivity (Wildman–Crippen MR) is 126 cm³/mol. The molecule has 5 heteroatoms. The Bertz CT molecular complexity index is 1100. The Morgan fingerprint density at radius 1 is 1.06 bits per heavy atom. The number of pyridine rings is 1. The van der Waals surface area contributed by atoms with Gasteiger partial charge in [-0.1, -0.05) is 54.6 Å². The lowest BCUT2D eigenvalue weighted by atomic mass is 9.90. The maximum Gasteiger partial charge on any atom is 0.331 e. The summed E-state index contributed by atoms with van der Waals surface area (Å²) < 4.78 is 5.38. The second-order valence-electron chi connectivity index (χ2n) is 8.29. The van der Waals surface area contributed by atoms with Crippen LogP contribution in [0.15, 0.2) is 72.9 Å². The minimum absolute atomic E-state index is 0.128. The number of piperidine rings is 1. The van der Waals surface area contributed by atoms with Gasteiger partial charge in [-0.25, -0.2) is 4.79 Å². The van der Waals surface area contributed by atoms with Crippen LogP contribution < -0.4 is 0 Å². The highest BCUT2D eigenvalue weighted by molar-refractivity contribution is 5.94. The fourth-order valence-corrected chi connectivity index (χ4v) is 4.25. The average Bonchev–Trinajstić information content (AvgIpc) is 2.83. The number of nitrogens with zero attached hydrogens (tertiary/aromatic N) is 2. The summed E-state index contributed by atoms with van der Waals surface area (Å²) in [7, 11) is 0. The molecule has 0 bridgehead atoms. The Morgan fingerprint density at radius 2 is 1.81 bits per heavy atom. The molecule has 1 fully saturated rings. The molecule has 1 aliphatic rings. The highest BCUT2D eigenvalue weighted by Crippen LogP contribution is 2.22. The maximum atomic E-state index is 12.8. The molecule has 164 valence electrons. The molecule has 1 aliphatic heterocycles. The van der Waals surface area contributed by atoms with Crippen molar-refractivity contribution in [2.45, 2.75) is 32.3 Å². The summed E-state index contributed by atoms with van der Waals surface area (Å²) in [6.45, 7) is 3.05. The van der Waals surface area contributed by atoms with Crippen molar-refractivity contribution in [3.05, 3.63) is 84.1 Å². The van der Waals surface area contributed by atoms with Crippen LogP contribution in [0.5, 0.6) is 0 Å². The van der Waals surface area contributed by atoms with Crippen LogP contribution in [0.25, 0.3) is 17.0 Å². The zero-order valence-electron chi connectivity index (χ0n) is 18.3. The summed E-state index contributed by atoms with van der Waals surface area (Å²) in [5.74, 6) is -0.0777. The number of esters is 1. The van der Waals surface area contributed by atoms with Gasteiger partial charge < -0.3 is 9.64 Å². The number of carbonyl (C=O) groups excluding carboxylic acids is 2. The molecule has 5 nitrogen and oxygen atoms in total. The number of aromatic nitrogens is 1. The molecule has 4 rings (SSSR count). The second-order valence-corrected chi connectivity index (χ2v) is 8.29. The number of amides is 1. The van der Waals surface area contributed by atoms with Gasteiger partial charge >= 0.3 is 5.97 Å². The molecule has 1 unspecified atom stereocenters. The number of carbonyl (C=O) groups is 2. The van der Waals surface area contributed by atoms with E-state index >= 15 is 0 Å². The molecule has 0 saturated carbocycles. The van der Waals surface area contributed by atoms with E-state index in [1.807, 2.05) is 41.3 Å². The lowest BCUT2D eigenvalue weighted by Crippen LogP contribution is -2.44. The van der Waals surface area contributed by atoms with E-state index in [0.29, 0.717) is 19.0 Å². The molecule has 0 N–H and O–H groups in total. The van der Waals surface area contributed by atoms with Crippen molar-refractivity contribution in [1.29, 1.82) is 0 Å². The Labute approximate surface area is 188 Å². The van der Waals surface area contributed by atoms with Gasteiger partial charge in [-0.15, -0.1) is 0 Å². The first kappa shape index (κ1) is 21.8. The average molecular weight is 429 g/mol. The van der Waals surface area contributed by atoms with Gasteiger partial charge in [0.05, 0.1) is 5.52 Å². The molecule has 32 heavy (non-hydrogen) atoms. The summed E-state index contributed by atoms with van der Waals surface area (Å²) in [5, 5.41) is 1.00. The molecule has 0 spiro atoms. The van der Waals surface area contributed by atoms with E-state index in [-0.39, 0.29) is 5.91 Å². The monoisotopic (exact) mass is 428 g/mol. The minimum atomic E-state index is -0.802. The van der Waals surface area contributed by atoms with Crippen molar-refractivity contribution in [3.8, 4) is 0 Å². The number of rotatable bonds is 6. The zero-order valence-corrected chi connectivity index (χ0v) is 18.3. The Balaban J connectivity index is 1.28. The van der Waals surface area contributed by atoms with Gasteiger partial charge in [0.2, 0.25) is 0 Å². The van der Waals surface area contributed by atoms with E-state index in [2.05, 4.69) is 29.2 Å². The molecule has 1 amide bonds. The lowest BCUT2D eigenvalue weighted by molar-refractivity contribution is -0.156. The van der Waals surface area contributed by atoms with E-state index in [9.17, 15) is 9.59 Å². The van der Waals surface area contributed by atoms with Gasteiger partial charge in [-0.05, 0) is 49.8 Å². The van der Waals surface area contributed by atoms with Gasteiger partial charge in [0.15, 0.2) is 6.10 Å². The summed E-state index contributed by atoms with van der Waals surface area (Å²) in [6.07, 6.45) is 6.94. The van der Waals surface area contributed by atoms with Gasteiger partial charge in [-0.2, -0.15) is 0 Å². The number of hydrogen-bond donors (Lipinski definition) is 0. The number of fused-ring (bicyclic) bond motifs is 1. The fourth-order valence-electron chi connectivity index (χ4n) is 4.25. The first-order valence-electron chi connectivity index (χ1n) is 11.2. The highest BCUT2D eigenvalue weighted by atomic mass is 16.5. The van der Waals surface area contributed by atoms with Crippen molar-refractivity contribution < 1.29 is 14.3 Å². The number of para-hydroxylation sites is 1. The lowest BCUT2D eigenvalue weighted by Gasteiger charge is -2.33. The smallest absolute Gasteiger partial charge is 0.331 e. The molecular weight excluding hydrogens is 400 g/mol. The first-order valence-corrected chi connectivity index (χ1v) is 11.2. The zero-order chi connectivity index (χ0) is 22.3. The van der Waals surface area contributed by atoms with Gasteiger partial charge in [-0.3, -0.25) is 9.78 Å². The van der Waals surface area contributed by atoms with Gasteiger partial charge in [0.25, 0.3) is 5.91 Å². The third-order valence-corrected chi connectivity index (χ3v) is 6.00. The second kappa shape index (κ2) is 10.2. The number of benzene rings is 2. The molecular formula is C27H28N2O3. The van der Waals surface area contributed by atoms with Crippen molar-refractivity contribution in [2.75, 3.05) is 13.1 Å². The van der Waals surface area contributed by atoms with Crippen LogP contribution in [0.3, 0.4) is 0 Å². The normalized spacial score (nSPS) is 15.7. The van der Waals surface area contributed by atoms with E-state index in [1.54, 1.807) is 19.2 Å². The SMILES string of the molecule is CC(OC(=O)/C=C/c1cccc2cccnc12)C(=O)N1CCC(Cc2ccccc2)CC1. The van der Waals surface area contributed by atoms with Crippen molar-refractivity contribution in [3.63, 3.8) is 0 Å². The van der Waals surface area contributed by atoms with Gasteiger partial charge in [0, 0.05) is 36.3 Å². The minimum Gasteiger partial charge on any atom is -0.449 e. The molecule has 2 heterocycles. The van der Waals surface area contributed by atoms with E-state index in [4.69, 9.17) is 4.74 Å². The Kier molecular flexibility index (Phi) is 6.95. The molecule has 0 radical (unpaired) electrons. The third kappa shape index (κ3) is 5.41. The van der Waals surface area contributed by atoms with Crippen molar-refractivity contribution in [2.24, 2.45) is 5.92 Å². The van der Waals surface area contributed by atoms with E-state index < -0.39 is 12.1 Å². The molecule has 1 saturated heterocycles. The molecule has 2 aromatic carbocycles. The molecule has 1 atom stereocenters. The van der Waals surface area contributed by atoms with Crippen LogP contribution in [-0.4, -0.2) is 41.0 Å². The van der Waals surface area contributed by atoms with Crippen LogP contribution in [0.1, 0.15) is 30.9 Å². The number of ether oxygens (including phenoxy) is 1. The first-order chi connectivity index (χ1) is 15.6. The van der Waals surface area contributed by atoms with Crippen LogP contribution in [0, 0.1) is 5.92 Å². The molecule has 3 aromatic rings. The number of hydrogen-bond acceptors (Lipinski definition) is 4. The quantitative estimate of drug-likeness (QED) is 0.423. The van der Waals surface area contributed by atoms with E-state index in [1.165, 1.54) is 11.6 Å². The van der Waals surface area contributed by atoms with Gasteiger partial charge in [0.1, 0.15) is 0 Å².